The molecule has 1 aromatic heterocycles. The number of nitrogens with zero attached hydrogens (tertiary/aromatic N) is 2. The fourth-order valence-electron chi connectivity index (χ4n) is 2.49. The Labute approximate surface area is 135 Å². The normalized spacial score (nSPS) is 11.5. The molecule has 0 aliphatic carbocycles. The third-order valence-electron chi connectivity index (χ3n) is 3.57. The third-order valence-corrected chi connectivity index (χ3v) is 4.12. The maximum atomic E-state index is 9.44. The Morgan fingerprint density at radius 2 is 2.00 bits per heavy atom. The van der Waals surface area contributed by atoms with Gasteiger partial charge in [-0.15, -0.1) is 0 Å². The second kappa shape index (κ2) is 6.39. The first-order valence-electron chi connectivity index (χ1n) is 6.71. The first kappa shape index (κ1) is 15.7. The van der Waals surface area contributed by atoms with Crippen LogP contribution < -0.4 is 0 Å². The number of aryl methyl sites for hydroxylation is 1. The predicted octanol–water partition coefficient (Wildman–Crippen LogP) is 5.50. The fraction of sp³-hybridized carbons (Fsp3) is 0.235. The molecule has 0 unspecified atom stereocenters. The van der Waals surface area contributed by atoms with Crippen molar-refractivity contribution >= 4 is 34.9 Å². The highest BCUT2D eigenvalue weighted by atomic mass is 35.5. The van der Waals surface area contributed by atoms with Gasteiger partial charge in [0, 0.05) is 28.5 Å². The Balaban J connectivity index is 2.54. The molecule has 0 amide bonds. The monoisotopic (exact) mass is 318 g/mol. The Bertz CT molecular complexity index is 749. The van der Waals surface area contributed by atoms with Gasteiger partial charge in [0.15, 0.2) is 0 Å². The average Bonchev–Trinajstić information content (AvgIpc) is 2.71. The maximum Gasteiger partial charge on any atom is 0.0998 e. The summed E-state index contributed by atoms with van der Waals surface area (Å²) in [5, 5.41) is 10.5. The van der Waals surface area contributed by atoms with Crippen LogP contribution in [-0.4, -0.2) is 4.57 Å². The van der Waals surface area contributed by atoms with Crippen molar-refractivity contribution in [2.75, 3.05) is 0 Å². The highest BCUT2D eigenvalue weighted by Crippen LogP contribution is 2.29. The molecular weight excluding hydrogens is 303 g/mol. The zero-order valence-electron chi connectivity index (χ0n) is 12.2. The predicted molar refractivity (Wildman–Crippen MR) is 89.5 cm³/mol. The van der Waals surface area contributed by atoms with Crippen molar-refractivity contribution in [3.05, 3.63) is 56.8 Å². The molecule has 1 heterocycles. The first-order valence-corrected chi connectivity index (χ1v) is 7.47. The number of allylic oxidation sites excluding steroid dienone is 1. The van der Waals surface area contributed by atoms with Gasteiger partial charge in [-0.1, -0.05) is 29.3 Å². The summed E-state index contributed by atoms with van der Waals surface area (Å²) in [7, 11) is 0. The zero-order valence-corrected chi connectivity index (χ0v) is 13.8. The number of rotatable bonds is 3. The molecule has 21 heavy (non-hydrogen) atoms. The molecule has 2 aromatic rings. The lowest BCUT2D eigenvalue weighted by Gasteiger charge is -2.05. The van der Waals surface area contributed by atoms with Crippen LogP contribution in [-0.2, 0) is 6.54 Å². The second-order valence-corrected chi connectivity index (χ2v) is 5.71. The van der Waals surface area contributed by atoms with Gasteiger partial charge in [-0.05, 0) is 50.6 Å². The van der Waals surface area contributed by atoms with Gasteiger partial charge < -0.3 is 4.57 Å². The summed E-state index contributed by atoms with van der Waals surface area (Å²) in [6.07, 6.45) is 1.88. The molecule has 2 nitrogen and oxygen atoms in total. The van der Waals surface area contributed by atoms with Crippen molar-refractivity contribution in [2.45, 2.75) is 27.3 Å². The van der Waals surface area contributed by atoms with Gasteiger partial charge in [0.2, 0.25) is 0 Å². The van der Waals surface area contributed by atoms with Crippen LogP contribution >= 0.6 is 23.2 Å². The van der Waals surface area contributed by atoms with Crippen molar-refractivity contribution in [3.8, 4) is 6.07 Å². The Morgan fingerprint density at radius 1 is 1.29 bits per heavy atom. The number of nitriles is 1. The minimum atomic E-state index is 0.486. The summed E-state index contributed by atoms with van der Waals surface area (Å²) in [6, 6.07) is 9.48. The molecule has 0 N–H and O–H groups in total. The van der Waals surface area contributed by atoms with E-state index < -0.39 is 0 Å². The van der Waals surface area contributed by atoms with Crippen molar-refractivity contribution < 1.29 is 0 Å². The molecule has 0 saturated heterocycles. The topological polar surface area (TPSA) is 28.7 Å². The van der Waals surface area contributed by atoms with Crippen molar-refractivity contribution in [3.63, 3.8) is 0 Å². The minimum Gasteiger partial charge on any atom is -0.349 e. The van der Waals surface area contributed by atoms with E-state index in [0.29, 0.717) is 21.2 Å². The van der Waals surface area contributed by atoms with Gasteiger partial charge in [0.05, 0.1) is 16.7 Å². The third kappa shape index (κ3) is 3.15. The van der Waals surface area contributed by atoms with E-state index in [1.165, 1.54) is 5.69 Å². The van der Waals surface area contributed by atoms with Crippen LogP contribution in [0.3, 0.4) is 0 Å². The number of hydrogen-bond donors (Lipinski definition) is 0. The number of halogens is 2. The molecule has 0 bridgehead atoms. The van der Waals surface area contributed by atoms with Crippen LogP contribution in [0, 0.1) is 25.2 Å². The van der Waals surface area contributed by atoms with Crippen LogP contribution in [0.1, 0.15) is 29.4 Å². The molecule has 108 valence electrons. The van der Waals surface area contributed by atoms with E-state index in [1.54, 1.807) is 18.2 Å². The van der Waals surface area contributed by atoms with Gasteiger partial charge in [0.1, 0.15) is 0 Å². The highest BCUT2D eigenvalue weighted by Gasteiger charge is 2.10. The summed E-state index contributed by atoms with van der Waals surface area (Å²) in [6.45, 7) is 7.14. The maximum absolute atomic E-state index is 9.44. The van der Waals surface area contributed by atoms with Crippen LogP contribution in [0.5, 0.6) is 0 Å². The number of aromatic nitrogens is 1. The average molecular weight is 319 g/mol. The lowest BCUT2D eigenvalue weighted by Crippen LogP contribution is -1.98. The van der Waals surface area contributed by atoms with E-state index >= 15 is 0 Å². The summed E-state index contributed by atoms with van der Waals surface area (Å²) < 4.78 is 2.21. The van der Waals surface area contributed by atoms with Gasteiger partial charge in [0.25, 0.3) is 0 Å². The lowest BCUT2D eigenvalue weighted by atomic mass is 10.0. The Hall–Kier alpha value is -1.69. The molecule has 0 spiro atoms. The van der Waals surface area contributed by atoms with E-state index in [9.17, 15) is 5.26 Å². The largest absolute Gasteiger partial charge is 0.349 e. The van der Waals surface area contributed by atoms with Gasteiger partial charge >= 0.3 is 0 Å². The molecule has 0 fully saturated rings. The fourth-order valence-corrected chi connectivity index (χ4v) is 3.00. The Kier molecular flexibility index (Phi) is 4.77. The lowest BCUT2D eigenvalue weighted by molar-refractivity contribution is 0.718. The summed E-state index contributed by atoms with van der Waals surface area (Å²) in [5.41, 5.74) is 4.60. The van der Waals surface area contributed by atoms with Crippen molar-refractivity contribution in [1.82, 2.24) is 4.57 Å². The smallest absolute Gasteiger partial charge is 0.0998 e. The van der Waals surface area contributed by atoms with Gasteiger partial charge in [-0.2, -0.15) is 5.26 Å². The highest BCUT2D eigenvalue weighted by molar-refractivity contribution is 6.36. The molecular formula is C17H16Cl2N2. The van der Waals surface area contributed by atoms with Crippen LogP contribution in [0.25, 0.3) is 11.6 Å². The van der Waals surface area contributed by atoms with Crippen molar-refractivity contribution in [1.29, 1.82) is 5.26 Å². The quantitative estimate of drug-likeness (QED) is 0.687. The minimum absolute atomic E-state index is 0.486. The SMILES string of the molecule is CCn1c(C)cc(/C=C(/C#N)c2ccc(Cl)cc2Cl)c1C. The van der Waals surface area contributed by atoms with E-state index in [0.717, 1.165) is 17.8 Å². The van der Waals surface area contributed by atoms with Crippen LogP contribution in [0.4, 0.5) is 0 Å². The molecule has 0 aliphatic rings. The molecule has 0 atom stereocenters. The summed E-state index contributed by atoms with van der Waals surface area (Å²) >= 11 is 12.1. The number of benzene rings is 1. The standard InChI is InChI=1S/C17H16Cl2N2/c1-4-21-11(2)7-13(12(21)3)8-14(10-20)16-6-5-15(18)9-17(16)19/h5-9H,4H2,1-3H3/b14-8-. The molecule has 0 radical (unpaired) electrons. The van der Waals surface area contributed by atoms with Gasteiger partial charge in [-0.25, -0.2) is 0 Å². The van der Waals surface area contributed by atoms with Crippen LogP contribution in [0.2, 0.25) is 10.0 Å². The van der Waals surface area contributed by atoms with Crippen LogP contribution in [0.15, 0.2) is 24.3 Å². The van der Waals surface area contributed by atoms with E-state index in [2.05, 4.69) is 37.5 Å². The molecule has 1 aromatic carbocycles. The molecule has 0 aliphatic heterocycles. The summed E-state index contributed by atoms with van der Waals surface area (Å²) in [5.74, 6) is 0. The first-order chi connectivity index (χ1) is 9.97. The van der Waals surface area contributed by atoms with E-state index in [-0.39, 0.29) is 0 Å². The Morgan fingerprint density at radius 3 is 2.52 bits per heavy atom. The van der Waals surface area contributed by atoms with Gasteiger partial charge in [-0.3, -0.25) is 0 Å². The van der Waals surface area contributed by atoms with Crippen molar-refractivity contribution in [2.24, 2.45) is 0 Å². The molecule has 0 saturated carbocycles. The molecule has 2 rings (SSSR count). The second-order valence-electron chi connectivity index (χ2n) is 4.86. The number of hydrogen-bond acceptors (Lipinski definition) is 1. The molecule has 4 heteroatoms. The van der Waals surface area contributed by atoms with E-state index in [1.807, 2.05) is 6.08 Å². The zero-order chi connectivity index (χ0) is 15.6. The summed E-state index contributed by atoms with van der Waals surface area (Å²) in [4.78, 5) is 0. The van der Waals surface area contributed by atoms with E-state index in [4.69, 9.17) is 23.2 Å².